The van der Waals surface area contributed by atoms with Crippen LogP contribution in [-0.4, -0.2) is 34.4 Å². The van der Waals surface area contributed by atoms with Gasteiger partial charge in [0, 0.05) is 6.08 Å². The first-order valence-corrected chi connectivity index (χ1v) is 8.61. The van der Waals surface area contributed by atoms with Gasteiger partial charge < -0.3 is 4.74 Å². The van der Waals surface area contributed by atoms with Crippen molar-refractivity contribution in [2.24, 2.45) is 0 Å². The second kappa shape index (κ2) is 6.53. The number of rotatable bonds is 4. The number of carbonyl (C=O) groups is 3. The molecule has 1 aliphatic rings. The van der Waals surface area contributed by atoms with Gasteiger partial charge in [-0.1, -0.05) is 24.3 Å². The lowest BCUT2D eigenvalue weighted by Gasteiger charge is -2.12. The number of carbonyl (C=O) groups excluding carboxylic acids is 3. The van der Waals surface area contributed by atoms with Crippen molar-refractivity contribution >= 4 is 45.4 Å². The van der Waals surface area contributed by atoms with E-state index in [1.807, 2.05) is 24.3 Å². The molecule has 2 aromatic carbocycles. The van der Waals surface area contributed by atoms with E-state index >= 15 is 0 Å². The molecule has 0 saturated carbocycles. The van der Waals surface area contributed by atoms with Crippen LogP contribution in [0.3, 0.4) is 0 Å². The highest BCUT2D eigenvalue weighted by Crippen LogP contribution is 2.23. The number of benzene rings is 2. The summed E-state index contributed by atoms with van der Waals surface area (Å²) in [5.41, 5.74) is 1.49. The fraction of sp³-hybridized carbons (Fsp3) is 0.0526. The quantitative estimate of drug-likeness (QED) is 0.404. The highest BCUT2D eigenvalue weighted by atomic mass is 32.1. The number of para-hydroxylation sites is 1. The highest BCUT2D eigenvalue weighted by Gasteiger charge is 2.35. The standard InChI is InChI=1S/C19H12N2O4S/c22-17(10-9-16-20-14-7-3-4-8-15(14)26-16)25-11-21-18(23)12-5-1-2-6-13(12)19(21)24/h1-10H,11H2/b10-9+. The third-order valence-corrected chi connectivity index (χ3v) is 4.89. The van der Waals surface area contributed by atoms with Crippen molar-refractivity contribution in [2.45, 2.75) is 0 Å². The van der Waals surface area contributed by atoms with Crippen molar-refractivity contribution in [1.29, 1.82) is 0 Å². The number of thiazole rings is 1. The molecule has 0 bridgehead atoms. The Balaban J connectivity index is 1.40. The Bertz CT molecular complexity index is 1000. The van der Waals surface area contributed by atoms with Crippen molar-refractivity contribution in [2.75, 3.05) is 6.73 Å². The summed E-state index contributed by atoms with van der Waals surface area (Å²) in [4.78, 5) is 41.6. The maximum Gasteiger partial charge on any atom is 0.332 e. The molecule has 0 aliphatic carbocycles. The molecular formula is C19H12N2O4S. The Labute approximate surface area is 152 Å². The summed E-state index contributed by atoms with van der Waals surface area (Å²) in [7, 11) is 0. The molecule has 0 atom stereocenters. The zero-order valence-electron chi connectivity index (χ0n) is 13.4. The van der Waals surface area contributed by atoms with Gasteiger partial charge in [-0.2, -0.15) is 0 Å². The normalized spacial score (nSPS) is 13.6. The van der Waals surface area contributed by atoms with Crippen LogP contribution in [0.1, 0.15) is 25.7 Å². The smallest absolute Gasteiger partial charge is 0.332 e. The van der Waals surface area contributed by atoms with Crippen molar-refractivity contribution < 1.29 is 19.1 Å². The first-order valence-electron chi connectivity index (χ1n) is 7.79. The van der Waals surface area contributed by atoms with Crippen LogP contribution in [0.15, 0.2) is 54.6 Å². The van der Waals surface area contributed by atoms with Gasteiger partial charge in [0.25, 0.3) is 11.8 Å². The van der Waals surface area contributed by atoms with Crippen molar-refractivity contribution in [1.82, 2.24) is 9.88 Å². The van der Waals surface area contributed by atoms with E-state index in [2.05, 4.69) is 4.98 Å². The van der Waals surface area contributed by atoms with Crippen LogP contribution in [0.4, 0.5) is 0 Å². The molecule has 2 amide bonds. The number of imide groups is 1. The van der Waals surface area contributed by atoms with Crippen molar-refractivity contribution in [3.8, 4) is 0 Å². The fourth-order valence-electron chi connectivity index (χ4n) is 2.63. The van der Waals surface area contributed by atoms with E-state index in [1.165, 1.54) is 17.4 Å². The van der Waals surface area contributed by atoms with E-state index in [0.29, 0.717) is 16.1 Å². The van der Waals surface area contributed by atoms with E-state index in [9.17, 15) is 14.4 Å². The van der Waals surface area contributed by atoms with Crippen molar-refractivity contribution in [3.63, 3.8) is 0 Å². The largest absolute Gasteiger partial charge is 0.441 e. The van der Waals surface area contributed by atoms with E-state index in [4.69, 9.17) is 4.74 Å². The second-order valence-electron chi connectivity index (χ2n) is 5.53. The lowest BCUT2D eigenvalue weighted by molar-refractivity contribution is -0.140. The third kappa shape index (κ3) is 2.89. The number of ether oxygens (including phenoxy) is 1. The molecule has 6 nitrogen and oxygen atoms in total. The van der Waals surface area contributed by atoms with Gasteiger partial charge in [-0.15, -0.1) is 11.3 Å². The zero-order valence-corrected chi connectivity index (χ0v) is 14.2. The summed E-state index contributed by atoms with van der Waals surface area (Å²) in [6.07, 6.45) is 2.78. The summed E-state index contributed by atoms with van der Waals surface area (Å²) >= 11 is 1.45. The molecule has 1 aromatic heterocycles. The highest BCUT2D eigenvalue weighted by molar-refractivity contribution is 7.19. The molecule has 26 heavy (non-hydrogen) atoms. The molecule has 0 fully saturated rings. The molecular weight excluding hydrogens is 352 g/mol. The van der Waals surface area contributed by atoms with Gasteiger partial charge in [0.15, 0.2) is 6.73 Å². The van der Waals surface area contributed by atoms with Gasteiger partial charge in [0.1, 0.15) is 5.01 Å². The Morgan fingerprint density at radius 2 is 1.69 bits per heavy atom. The third-order valence-electron chi connectivity index (χ3n) is 3.89. The summed E-state index contributed by atoms with van der Waals surface area (Å²) in [6, 6.07) is 14.2. The topological polar surface area (TPSA) is 76.6 Å². The van der Waals surface area contributed by atoms with Gasteiger partial charge >= 0.3 is 5.97 Å². The monoisotopic (exact) mass is 364 g/mol. The number of esters is 1. The van der Waals surface area contributed by atoms with Crippen LogP contribution in [0.2, 0.25) is 0 Å². The predicted molar refractivity (Wildman–Crippen MR) is 96.6 cm³/mol. The minimum Gasteiger partial charge on any atom is -0.441 e. The summed E-state index contributed by atoms with van der Waals surface area (Å²) in [5.74, 6) is -1.58. The lowest BCUT2D eigenvalue weighted by Crippen LogP contribution is -2.32. The second-order valence-corrected chi connectivity index (χ2v) is 6.59. The summed E-state index contributed by atoms with van der Waals surface area (Å²) in [6.45, 7) is -0.421. The van der Waals surface area contributed by atoms with Crippen LogP contribution >= 0.6 is 11.3 Å². The van der Waals surface area contributed by atoms with E-state index in [-0.39, 0.29) is 0 Å². The first kappa shape index (κ1) is 16.2. The average molecular weight is 364 g/mol. The molecule has 0 N–H and O–H groups in total. The van der Waals surface area contributed by atoms with Crippen molar-refractivity contribution in [3.05, 3.63) is 70.7 Å². The lowest BCUT2D eigenvalue weighted by atomic mass is 10.1. The number of amides is 2. The van der Waals surface area contributed by atoms with Gasteiger partial charge in [0.05, 0.1) is 21.3 Å². The molecule has 3 aromatic rings. The Hall–Kier alpha value is -3.32. The van der Waals surface area contributed by atoms with E-state index in [1.54, 1.807) is 30.3 Å². The maximum atomic E-state index is 12.2. The minimum atomic E-state index is -0.652. The molecule has 1 aliphatic heterocycles. The summed E-state index contributed by atoms with van der Waals surface area (Å²) < 4.78 is 6.05. The van der Waals surface area contributed by atoms with Crippen LogP contribution in [0.5, 0.6) is 0 Å². The van der Waals surface area contributed by atoms with E-state index < -0.39 is 24.5 Å². The number of hydrogen-bond acceptors (Lipinski definition) is 6. The van der Waals surface area contributed by atoms with Gasteiger partial charge in [0.2, 0.25) is 0 Å². The molecule has 0 saturated heterocycles. The zero-order chi connectivity index (χ0) is 18.1. The van der Waals surface area contributed by atoms with Gasteiger partial charge in [-0.3, -0.25) is 9.59 Å². The minimum absolute atomic E-state index is 0.318. The molecule has 4 rings (SSSR count). The molecule has 7 heteroatoms. The van der Waals surface area contributed by atoms with Gasteiger partial charge in [-0.25, -0.2) is 14.7 Å². The molecule has 0 radical (unpaired) electrons. The molecule has 128 valence electrons. The van der Waals surface area contributed by atoms with Crippen LogP contribution < -0.4 is 0 Å². The predicted octanol–water partition coefficient (Wildman–Crippen LogP) is 3.11. The van der Waals surface area contributed by atoms with Crippen LogP contribution in [0, 0.1) is 0 Å². The first-order chi connectivity index (χ1) is 12.6. The maximum absolute atomic E-state index is 12.2. The number of aromatic nitrogens is 1. The SMILES string of the molecule is O=C(/C=C/c1nc2ccccc2s1)OCN1C(=O)c2ccccc2C1=O. The Morgan fingerprint density at radius 1 is 1.04 bits per heavy atom. The number of hydrogen-bond donors (Lipinski definition) is 0. The molecule has 2 heterocycles. The average Bonchev–Trinajstić information content (AvgIpc) is 3.18. The Kier molecular flexibility index (Phi) is 4.06. The van der Waals surface area contributed by atoms with Gasteiger partial charge in [-0.05, 0) is 30.3 Å². The molecule has 0 spiro atoms. The van der Waals surface area contributed by atoms with Crippen LogP contribution in [0.25, 0.3) is 16.3 Å². The van der Waals surface area contributed by atoms with Crippen LogP contribution in [-0.2, 0) is 9.53 Å². The van der Waals surface area contributed by atoms with E-state index in [0.717, 1.165) is 15.1 Å². The number of fused-ring (bicyclic) bond motifs is 2. The summed E-state index contributed by atoms with van der Waals surface area (Å²) in [5, 5.41) is 0.670. The fourth-order valence-corrected chi connectivity index (χ4v) is 3.50. The number of nitrogens with zero attached hydrogens (tertiary/aromatic N) is 2. The molecule has 0 unspecified atom stereocenters. The Morgan fingerprint density at radius 3 is 2.38 bits per heavy atom.